The Labute approximate surface area is 127 Å². The van der Waals surface area contributed by atoms with Gasteiger partial charge in [0.05, 0.1) is 10.6 Å². The summed E-state index contributed by atoms with van der Waals surface area (Å²) in [6.45, 7) is 3.72. The molecule has 112 valence electrons. The van der Waals surface area contributed by atoms with E-state index in [-0.39, 0.29) is 11.3 Å². The summed E-state index contributed by atoms with van der Waals surface area (Å²) < 4.78 is 0. The summed E-state index contributed by atoms with van der Waals surface area (Å²) in [4.78, 5) is 22.4. The zero-order chi connectivity index (χ0) is 16.1. The molecule has 1 N–H and O–H groups in total. The molecule has 0 bridgehead atoms. The molecule has 0 aliphatic rings. The summed E-state index contributed by atoms with van der Waals surface area (Å²) in [5, 5.41) is 14.9. The molecule has 0 radical (unpaired) electrons. The van der Waals surface area contributed by atoms with Crippen molar-refractivity contribution in [3.63, 3.8) is 0 Å². The summed E-state index contributed by atoms with van der Waals surface area (Å²) in [6, 6.07) is 13.4. The van der Waals surface area contributed by atoms with E-state index in [1.54, 1.807) is 13.0 Å². The van der Waals surface area contributed by atoms with Crippen molar-refractivity contribution in [2.45, 2.75) is 13.8 Å². The van der Waals surface area contributed by atoms with Crippen molar-refractivity contribution >= 4 is 17.3 Å². The number of nitrogens with one attached hydrogen (secondary N) is 1. The number of carbonyl (C=O) groups excluding carboxylic acids is 1. The molecule has 6 heteroatoms. The third kappa shape index (κ3) is 3.54. The minimum atomic E-state index is -0.612. The Kier molecular flexibility index (Phi) is 4.63. The lowest BCUT2D eigenvalue weighted by molar-refractivity contribution is -0.385. The number of aryl methyl sites for hydroxylation is 1. The van der Waals surface area contributed by atoms with Crippen molar-refractivity contribution < 1.29 is 9.72 Å². The lowest BCUT2D eigenvalue weighted by Gasteiger charge is -2.04. The standard InChI is InChI=1S/C16H15N3O3/c1-11-6-5-7-13(10-11)12(2)17-18-16(20)14-8-3-4-9-15(14)19(21)22/h3-10H,1-2H3,(H,18,20). The normalized spacial score (nSPS) is 11.1. The van der Waals surface area contributed by atoms with E-state index in [0.717, 1.165) is 11.1 Å². The van der Waals surface area contributed by atoms with Gasteiger partial charge in [-0.1, -0.05) is 42.0 Å². The molecule has 0 aromatic heterocycles. The van der Waals surface area contributed by atoms with Gasteiger partial charge in [0, 0.05) is 6.07 Å². The first-order valence-electron chi connectivity index (χ1n) is 6.64. The lowest BCUT2D eigenvalue weighted by atomic mass is 10.1. The first-order valence-corrected chi connectivity index (χ1v) is 6.64. The monoisotopic (exact) mass is 297 g/mol. The highest BCUT2D eigenvalue weighted by Gasteiger charge is 2.18. The SMILES string of the molecule is CC(=NNC(=O)c1ccccc1[N+](=O)[O-])c1cccc(C)c1. The molecule has 0 aliphatic carbocycles. The molecule has 0 heterocycles. The van der Waals surface area contributed by atoms with Crippen LogP contribution in [0.4, 0.5) is 5.69 Å². The summed E-state index contributed by atoms with van der Waals surface area (Å²) in [5.41, 5.74) is 4.67. The Morgan fingerprint density at radius 3 is 2.59 bits per heavy atom. The van der Waals surface area contributed by atoms with E-state index >= 15 is 0 Å². The fraction of sp³-hybridized carbons (Fsp3) is 0.125. The van der Waals surface area contributed by atoms with Gasteiger partial charge in [0.15, 0.2) is 0 Å². The van der Waals surface area contributed by atoms with Crippen molar-refractivity contribution in [1.82, 2.24) is 5.43 Å². The van der Waals surface area contributed by atoms with Crippen LogP contribution >= 0.6 is 0 Å². The smallest absolute Gasteiger partial charge is 0.267 e. The number of hydrogen-bond acceptors (Lipinski definition) is 4. The Morgan fingerprint density at radius 1 is 1.18 bits per heavy atom. The number of carbonyl (C=O) groups is 1. The fourth-order valence-electron chi connectivity index (χ4n) is 1.95. The van der Waals surface area contributed by atoms with E-state index in [2.05, 4.69) is 10.5 Å². The third-order valence-corrected chi connectivity index (χ3v) is 3.11. The number of nitrogens with zero attached hydrogens (tertiary/aromatic N) is 2. The van der Waals surface area contributed by atoms with Crippen molar-refractivity contribution in [1.29, 1.82) is 0 Å². The van der Waals surface area contributed by atoms with Gasteiger partial charge in [-0.15, -0.1) is 0 Å². The third-order valence-electron chi connectivity index (χ3n) is 3.11. The average molecular weight is 297 g/mol. The Balaban J connectivity index is 2.19. The molecule has 0 spiro atoms. The Morgan fingerprint density at radius 2 is 1.91 bits per heavy atom. The number of para-hydroxylation sites is 1. The number of nitro groups is 1. The topological polar surface area (TPSA) is 84.6 Å². The molecule has 0 aliphatic heterocycles. The molecule has 0 saturated carbocycles. The molecule has 0 unspecified atom stereocenters. The molecule has 2 rings (SSSR count). The van der Waals surface area contributed by atoms with Crippen LogP contribution in [0, 0.1) is 17.0 Å². The van der Waals surface area contributed by atoms with E-state index in [9.17, 15) is 14.9 Å². The highest BCUT2D eigenvalue weighted by Crippen LogP contribution is 2.17. The van der Waals surface area contributed by atoms with Crippen LogP contribution in [0.1, 0.15) is 28.4 Å². The van der Waals surface area contributed by atoms with Gasteiger partial charge >= 0.3 is 0 Å². The van der Waals surface area contributed by atoms with Crippen LogP contribution in [-0.2, 0) is 0 Å². The van der Waals surface area contributed by atoms with E-state index in [0.29, 0.717) is 5.71 Å². The van der Waals surface area contributed by atoms with Crippen LogP contribution in [-0.4, -0.2) is 16.5 Å². The molecule has 0 saturated heterocycles. The second kappa shape index (κ2) is 6.62. The quantitative estimate of drug-likeness (QED) is 0.534. The maximum absolute atomic E-state index is 12.1. The molecular weight excluding hydrogens is 282 g/mol. The van der Waals surface area contributed by atoms with Crippen LogP contribution in [0.5, 0.6) is 0 Å². The van der Waals surface area contributed by atoms with Crippen LogP contribution in [0.15, 0.2) is 53.6 Å². The van der Waals surface area contributed by atoms with Crippen molar-refractivity contribution in [3.8, 4) is 0 Å². The van der Waals surface area contributed by atoms with E-state index in [4.69, 9.17) is 0 Å². The molecule has 6 nitrogen and oxygen atoms in total. The number of hydrogen-bond donors (Lipinski definition) is 1. The van der Waals surface area contributed by atoms with Gasteiger partial charge in [0.2, 0.25) is 0 Å². The van der Waals surface area contributed by atoms with Crippen LogP contribution in [0.25, 0.3) is 0 Å². The van der Waals surface area contributed by atoms with Gasteiger partial charge in [-0.3, -0.25) is 14.9 Å². The first-order chi connectivity index (χ1) is 10.5. The predicted octanol–water partition coefficient (Wildman–Crippen LogP) is 3.06. The van der Waals surface area contributed by atoms with Crippen LogP contribution in [0.2, 0.25) is 0 Å². The Bertz CT molecular complexity index is 754. The number of hydrazone groups is 1. The lowest BCUT2D eigenvalue weighted by Crippen LogP contribution is -2.20. The highest BCUT2D eigenvalue weighted by molar-refractivity contribution is 6.02. The zero-order valence-corrected chi connectivity index (χ0v) is 12.2. The molecule has 0 atom stereocenters. The van der Waals surface area contributed by atoms with Crippen LogP contribution in [0.3, 0.4) is 0 Å². The molecule has 2 aromatic rings. The molecule has 0 fully saturated rings. The van der Waals surface area contributed by atoms with Gasteiger partial charge in [0.1, 0.15) is 5.56 Å². The number of amides is 1. The second-order valence-corrected chi connectivity index (χ2v) is 4.78. The van der Waals surface area contributed by atoms with E-state index in [1.165, 1.54) is 18.2 Å². The van der Waals surface area contributed by atoms with Gasteiger partial charge in [0.25, 0.3) is 11.6 Å². The number of benzene rings is 2. The highest BCUT2D eigenvalue weighted by atomic mass is 16.6. The number of rotatable bonds is 4. The van der Waals surface area contributed by atoms with E-state index < -0.39 is 10.8 Å². The number of nitro benzene ring substituents is 1. The molecule has 2 aromatic carbocycles. The molecule has 1 amide bonds. The predicted molar refractivity (Wildman–Crippen MR) is 84.0 cm³/mol. The van der Waals surface area contributed by atoms with Crippen molar-refractivity contribution in [2.75, 3.05) is 0 Å². The van der Waals surface area contributed by atoms with Crippen molar-refractivity contribution in [2.24, 2.45) is 5.10 Å². The second-order valence-electron chi connectivity index (χ2n) is 4.78. The van der Waals surface area contributed by atoms with Gasteiger partial charge in [-0.25, -0.2) is 5.43 Å². The maximum atomic E-state index is 12.1. The fourth-order valence-corrected chi connectivity index (χ4v) is 1.95. The van der Waals surface area contributed by atoms with Gasteiger partial charge in [-0.05, 0) is 25.5 Å². The van der Waals surface area contributed by atoms with Gasteiger partial charge < -0.3 is 0 Å². The first kappa shape index (κ1) is 15.4. The van der Waals surface area contributed by atoms with Gasteiger partial charge in [-0.2, -0.15) is 5.10 Å². The maximum Gasteiger partial charge on any atom is 0.282 e. The largest absolute Gasteiger partial charge is 0.282 e. The van der Waals surface area contributed by atoms with Crippen molar-refractivity contribution in [3.05, 3.63) is 75.3 Å². The summed E-state index contributed by atoms with van der Waals surface area (Å²) in [6.07, 6.45) is 0. The minimum Gasteiger partial charge on any atom is -0.267 e. The summed E-state index contributed by atoms with van der Waals surface area (Å²) >= 11 is 0. The molecular formula is C16H15N3O3. The average Bonchev–Trinajstić information content (AvgIpc) is 2.52. The minimum absolute atomic E-state index is 0.0201. The summed E-state index contributed by atoms with van der Waals surface area (Å²) in [7, 11) is 0. The zero-order valence-electron chi connectivity index (χ0n) is 12.2. The summed E-state index contributed by atoms with van der Waals surface area (Å²) in [5.74, 6) is -0.612. The van der Waals surface area contributed by atoms with Crippen LogP contribution < -0.4 is 5.43 Å². The van der Waals surface area contributed by atoms with E-state index in [1.807, 2.05) is 31.2 Å². The Hall–Kier alpha value is -3.02. The molecule has 22 heavy (non-hydrogen) atoms.